The minimum absolute atomic E-state index is 0.115. The van der Waals surface area contributed by atoms with Crippen LogP contribution in [-0.2, 0) is 20.4 Å². The van der Waals surface area contributed by atoms with Crippen LogP contribution in [0.3, 0.4) is 0 Å². The first kappa shape index (κ1) is 23.5. The summed E-state index contributed by atoms with van der Waals surface area (Å²) in [5, 5.41) is 0. The number of ether oxygens (including phenoxy) is 1. The molecule has 0 atom stereocenters. The maximum absolute atomic E-state index is 13.3. The Bertz CT molecular complexity index is 960. The van der Waals surface area contributed by atoms with Gasteiger partial charge < -0.3 is 4.74 Å². The zero-order valence-corrected chi connectivity index (χ0v) is 17.2. The minimum Gasteiger partial charge on any atom is -0.357 e. The molecular formula is C17H14BrF6NO3S. The van der Waals surface area contributed by atoms with Crippen LogP contribution in [0.5, 0.6) is 0 Å². The highest BCUT2D eigenvalue weighted by atomic mass is 79.9. The van der Waals surface area contributed by atoms with Crippen molar-refractivity contribution >= 4 is 31.6 Å². The molecule has 0 radical (unpaired) electrons. The van der Waals surface area contributed by atoms with E-state index in [1.807, 2.05) is 0 Å². The molecule has 0 spiro atoms. The molecule has 29 heavy (non-hydrogen) atoms. The van der Waals surface area contributed by atoms with Crippen molar-refractivity contribution in [3.63, 3.8) is 0 Å². The summed E-state index contributed by atoms with van der Waals surface area (Å²) >= 11 is 3.13. The summed E-state index contributed by atoms with van der Waals surface area (Å²) in [6.07, 6.45) is -11.6. The van der Waals surface area contributed by atoms with Crippen molar-refractivity contribution in [2.75, 3.05) is 18.5 Å². The summed E-state index contributed by atoms with van der Waals surface area (Å²) in [4.78, 5) is -0.115. The first-order valence-corrected chi connectivity index (χ1v) is 9.95. The standard InChI is InChI=1S/C17H14BrF6NO3S/c1-25(29(26,27)14-5-3-4-12(18)10-14)13-8-6-11(7-9-13)15(28-2,16(19,20)21)17(22,23)24/h3-10H,1-2H3. The molecular weight excluding hydrogens is 492 g/mol. The average molecular weight is 506 g/mol. The first-order chi connectivity index (χ1) is 13.2. The third-order valence-corrected chi connectivity index (χ3v) is 6.47. The van der Waals surface area contributed by atoms with Gasteiger partial charge in [-0.1, -0.05) is 34.1 Å². The van der Waals surface area contributed by atoms with Gasteiger partial charge >= 0.3 is 12.4 Å². The molecule has 0 saturated heterocycles. The van der Waals surface area contributed by atoms with E-state index in [2.05, 4.69) is 20.7 Å². The molecule has 0 aliphatic rings. The van der Waals surface area contributed by atoms with Crippen molar-refractivity contribution in [2.45, 2.75) is 22.8 Å². The van der Waals surface area contributed by atoms with Gasteiger partial charge in [-0.2, -0.15) is 26.3 Å². The topological polar surface area (TPSA) is 46.6 Å². The summed E-state index contributed by atoms with van der Waals surface area (Å²) in [7, 11) is -2.67. The molecule has 2 aromatic carbocycles. The summed E-state index contributed by atoms with van der Waals surface area (Å²) in [5.74, 6) is 0. The van der Waals surface area contributed by atoms with Crippen LogP contribution in [0.1, 0.15) is 5.56 Å². The maximum atomic E-state index is 13.3. The third-order valence-electron chi connectivity index (χ3n) is 4.20. The summed E-state index contributed by atoms with van der Waals surface area (Å²) in [6, 6.07) is 8.42. The van der Waals surface area contributed by atoms with Crippen molar-refractivity contribution < 1.29 is 39.5 Å². The van der Waals surface area contributed by atoms with E-state index in [-0.39, 0.29) is 10.6 Å². The van der Waals surface area contributed by atoms with E-state index in [1.54, 1.807) is 6.07 Å². The number of alkyl halides is 6. The Kier molecular flexibility index (Phi) is 6.32. The van der Waals surface area contributed by atoms with Gasteiger partial charge in [0.1, 0.15) is 0 Å². The van der Waals surface area contributed by atoms with Crippen LogP contribution in [0.15, 0.2) is 57.9 Å². The Labute approximate surface area is 171 Å². The molecule has 0 bridgehead atoms. The largest absolute Gasteiger partial charge is 0.430 e. The average Bonchev–Trinajstić information content (AvgIpc) is 2.60. The number of hydrogen-bond acceptors (Lipinski definition) is 3. The van der Waals surface area contributed by atoms with Crippen molar-refractivity contribution in [1.29, 1.82) is 0 Å². The normalized spacial score (nSPS) is 13.4. The van der Waals surface area contributed by atoms with E-state index in [4.69, 9.17) is 0 Å². The van der Waals surface area contributed by atoms with Gasteiger partial charge in [-0.3, -0.25) is 4.31 Å². The third kappa shape index (κ3) is 4.10. The fourth-order valence-corrected chi connectivity index (χ4v) is 4.46. The molecule has 2 rings (SSSR count). The monoisotopic (exact) mass is 505 g/mol. The summed E-state index contributed by atoms with van der Waals surface area (Å²) in [6.45, 7) is 0. The molecule has 0 unspecified atom stereocenters. The van der Waals surface area contributed by atoms with Crippen LogP contribution in [0.25, 0.3) is 0 Å². The lowest BCUT2D eigenvalue weighted by molar-refractivity contribution is -0.383. The van der Waals surface area contributed by atoms with Crippen LogP contribution in [0.4, 0.5) is 32.0 Å². The van der Waals surface area contributed by atoms with Crippen LogP contribution in [-0.4, -0.2) is 34.9 Å². The number of hydrogen-bond donors (Lipinski definition) is 0. The quantitative estimate of drug-likeness (QED) is 0.522. The SMILES string of the molecule is COC(c1ccc(N(C)S(=O)(=O)c2cccc(Br)c2)cc1)(C(F)(F)F)C(F)(F)F. The van der Waals surface area contributed by atoms with Gasteiger partial charge in [0.05, 0.1) is 10.6 Å². The van der Waals surface area contributed by atoms with Gasteiger partial charge in [0, 0.05) is 24.2 Å². The fourth-order valence-electron chi connectivity index (χ4n) is 2.67. The van der Waals surface area contributed by atoms with Gasteiger partial charge in [-0.05, 0) is 30.3 Å². The zero-order chi connectivity index (χ0) is 22.3. The highest BCUT2D eigenvalue weighted by Crippen LogP contribution is 2.52. The van der Waals surface area contributed by atoms with Crippen LogP contribution >= 0.6 is 15.9 Å². The summed E-state index contributed by atoms with van der Waals surface area (Å²) in [5.41, 5.74) is -5.90. The molecule has 0 fully saturated rings. The van der Waals surface area contributed by atoms with Gasteiger partial charge in [0.2, 0.25) is 0 Å². The smallest absolute Gasteiger partial charge is 0.357 e. The molecule has 0 amide bonds. The first-order valence-electron chi connectivity index (χ1n) is 7.72. The van der Waals surface area contributed by atoms with Crippen molar-refractivity contribution in [2.24, 2.45) is 0 Å². The second kappa shape index (κ2) is 7.80. The van der Waals surface area contributed by atoms with Gasteiger partial charge in [-0.15, -0.1) is 0 Å². The van der Waals surface area contributed by atoms with Gasteiger partial charge in [-0.25, -0.2) is 8.42 Å². The molecule has 12 heteroatoms. The maximum Gasteiger partial charge on any atom is 0.430 e. The highest BCUT2D eigenvalue weighted by molar-refractivity contribution is 9.10. The predicted octanol–water partition coefficient (Wildman–Crippen LogP) is 5.24. The number of methoxy groups -OCH3 is 1. The van der Waals surface area contributed by atoms with E-state index in [9.17, 15) is 34.8 Å². The van der Waals surface area contributed by atoms with E-state index in [0.29, 0.717) is 23.7 Å². The Hall–Kier alpha value is -1.79. The Balaban J connectivity index is 2.51. The van der Waals surface area contributed by atoms with Crippen LogP contribution < -0.4 is 4.31 Å². The second-order valence-corrected chi connectivity index (χ2v) is 8.74. The van der Waals surface area contributed by atoms with Crippen molar-refractivity contribution in [1.82, 2.24) is 0 Å². The molecule has 0 aromatic heterocycles. The Morgan fingerprint density at radius 3 is 1.86 bits per heavy atom. The molecule has 0 aliphatic carbocycles. The number of benzene rings is 2. The fraction of sp³-hybridized carbons (Fsp3) is 0.294. The Morgan fingerprint density at radius 1 is 0.931 bits per heavy atom. The second-order valence-electron chi connectivity index (χ2n) is 5.86. The number of halogens is 7. The molecule has 2 aromatic rings. The van der Waals surface area contributed by atoms with Gasteiger partial charge in [0.25, 0.3) is 15.6 Å². The van der Waals surface area contributed by atoms with E-state index < -0.39 is 33.5 Å². The van der Waals surface area contributed by atoms with Gasteiger partial charge in [0.15, 0.2) is 0 Å². The number of rotatable bonds is 5. The highest BCUT2D eigenvalue weighted by Gasteiger charge is 2.73. The zero-order valence-electron chi connectivity index (χ0n) is 14.8. The van der Waals surface area contributed by atoms with Crippen molar-refractivity contribution in [3.05, 3.63) is 58.6 Å². The number of anilines is 1. The molecule has 0 N–H and O–H groups in total. The van der Waals surface area contributed by atoms with Crippen molar-refractivity contribution in [3.8, 4) is 0 Å². The number of nitrogens with zero attached hydrogens (tertiary/aromatic N) is 1. The lowest BCUT2D eigenvalue weighted by Crippen LogP contribution is -2.55. The molecule has 160 valence electrons. The van der Waals surface area contributed by atoms with E-state index in [0.717, 1.165) is 23.5 Å². The van der Waals surface area contributed by atoms with E-state index >= 15 is 0 Å². The van der Waals surface area contributed by atoms with Crippen LogP contribution in [0.2, 0.25) is 0 Å². The lowest BCUT2D eigenvalue weighted by atomic mass is 9.91. The molecule has 0 heterocycles. The Morgan fingerprint density at radius 2 is 1.45 bits per heavy atom. The molecule has 0 saturated carbocycles. The molecule has 0 aliphatic heterocycles. The minimum atomic E-state index is -5.80. The van der Waals surface area contributed by atoms with Crippen LogP contribution in [0, 0.1) is 0 Å². The number of sulfonamides is 1. The molecule has 4 nitrogen and oxygen atoms in total. The van der Waals surface area contributed by atoms with E-state index in [1.165, 1.54) is 18.2 Å². The summed E-state index contributed by atoms with van der Waals surface area (Å²) < 4.78 is 110. The predicted molar refractivity (Wildman–Crippen MR) is 97.0 cm³/mol. The lowest BCUT2D eigenvalue weighted by Gasteiger charge is -2.36.